The van der Waals surface area contributed by atoms with Gasteiger partial charge in [0.05, 0.1) is 12.2 Å². The lowest BCUT2D eigenvalue weighted by Gasteiger charge is -2.29. The van der Waals surface area contributed by atoms with Crippen molar-refractivity contribution in [3.63, 3.8) is 0 Å². The van der Waals surface area contributed by atoms with E-state index in [0.29, 0.717) is 0 Å². The van der Waals surface area contributed by atoms with Gasteiger partial charge < -0.3 is 4.74 Å². The Morgan fingerprint density at radius 3 is 2.86 bits per heavy atom. The lowest BCUT2D eigenvalue weighted by atomic mass is 9.89. The fraction of sp³-hybridized carbons (Fsp3) is 0.333. The van der Waals surface area contributed by atoms with Crippen LogP contribution in [0, 0.1) is 0 Å². The van der Waals surface area contributed by atoms with Crippen molar-refractivity contribution in [3.05, 3.63) is 69.7 Å². The van der Waals surface area contributed by atoms with Crippen LogP contribution in [-0.4, -0.2) is 4.43 Å². The SMILES string of the molecule is Brc1cccc(C(CI)OC2CCCc3ccccc32)c1. The summed E-state index contributed by atoms with van der Waals surface area (Å²) in [6.45, 7) is 0. The number of alkyl halides is 1. The van der Waals surface area contributed by atoms with Crippen molar-refractivity contribution in [2.75, 3.05) is 4.43 Å². The average Bonchev–Trinajstić information content (AvgIpc) is 2.52. The van der Waals surface area contributed by atoms with Crippen LogP contribution in [0.3, 0.4) is 0 Å². The predicted octanol–water partition coefficient (Wildman–Crippen LogP) is 6.02. The monoisotopic (exact) mass is 456 g/mol. The summed E-state index contributed by atoms with van der Waals surface area (Å²) >= 11 is 5.97. The highest BCUT2D eigenvalue weighted by Crippen LogP contribution is 2.37. The van der Waals surface area contributed by atoms with Crippen molar-refractivity contribution in [2.45, 2.75) is 31.5 Å². The number of benzene rings is 2. The minimum absolute atomic E-state index is 0.152. The summed E-state index contributed by atoms with van der Waals surface area (Å²) in [6, 6.07) is 17.2. The fourth-order valence-electron chi connectivity index (χ4n) is 2.96. The quantitative estimate of drug-likeness (QED) is 0.403. The molecule has 0 spiro atoms. The molecule has 1 aliphatic carbocycles. The summed E-state index contributed by atoms with van der Waals surface area (Å²) in [4.78, 5) is 0. The summed E-state index contributed by atoms with van der Waals surface area (Å²) in [5.41, 5.74) is 4.09. The summed E-state index contributed by atoms with van der Waals surface area (Å²) in [6.07, 6.45) is 3.90. The molecule has 2 aromatic carbocycles. The molecule has 2 aromatic rings. The Morgan fingerprint density at radius 2 is 2.05 bits per heavy atom. The number of aryl methyl sites for hydroxylation is 1. The number of hydrogen-bond donors (Lipinski definition) is 0. The molecule has 1 aliphatic rings. The minimum atomic E-state index is 0.152. The number of halogens is 2. The Morgan fingerprint density at radius 1 is 1.19 bits per heavy atom. The van der Waals surface area contributed by atoms with E-state index in [9.17, 15) is 0 Å². The first kappa shape index (κ1) is 15.5. The number of hydrogen-bond acceptors (Lipinski definition) is 1. The van der Waals surface area contributed by atoms with Gasteiger partial charge in [0.25, 0.3) is 0 Å². The zero-order chi connectivity index (χ0) is 14.7. The smallest absolute Gasteiger partial charge is 0.0923 e. The molecule has 2 atom stereocenters. The van der Waals surface area contributed by atoms with Crippen LogP contribution in [-0.2, 0) is 11.2 Å². The third-order valence-electron chi connectivity index (χ3n) is 4.00. The normalized spacial score (nSPS) is 19.0. The Balaban J connectivity index is 1.82. The molecule has 110 valence electrons. The van der Waals surface area contributed by atoms with Crippen LogP contribution in [0.5, 0.6) is 0 Å². The predicted molar refractivity (Wildman–Crippen MR) is 99.0 cm³/mol. The van der Waals surface area contributed by atoms with E-state index >= 15 is 0 Å². The first-order chi connectivity index (χ1) is 10.3. The lowest BCUT2D eigenvalue weighted by Crippen LogP contribution is -2.16. The Kier molecular flexibility index (Phi) is 5.35. The highest BCUT2D eigenvalue weighted by Gasteiger charge is 2.24. The third kappa shape index (κ3) is 3.69. The molecule has 0 N–H and O–H groups in total. The van der Waals surface area contributed by atoms with Crippen LogP contribution >= 0.6 is 38.5 Å². The molecule has 21 heavy (non-hydrogen) atoms. The molecular weight excluding hydrogens is 439 g/mol. The molecule has 0 bridgehead atoms. The molecular formula is C18H18BrIO. The van der Waals surface area contributed by atoms with Gasteiger partial charge in [0.1, 0.15) is 0 Å². The molecule has 1 nitrogen and oxygen atoms in total. The van der Waals surface area contributed by atoms with Gasteiger partial charge in [-0.15, -0.1) is 0 Å². The first-order valence-electron chi connectivity index (χ1n) is 7.32. The van der Waals surface area contributed by atoms with E-state index < -0.39 is 0 Å². The summed E-state index contributed by atoms with van der Waals surface area (Å²) in [7, 11) is 0. The van der Waals surface area contributed by atoms with Crippen LogP contribution in [0.2, 0.25) is 0 Å². The van der Waals surface area contributed by atoms with Crippen molar-refractivity contribution >= 4 is 38.5 Å². The average molecular weight is 457 g/mol. The van der Waals surface area contributed by atoms with Crippen molar-refractivity contribution in [3.8, 4) is 0 Å². The Labute approximate surface area is 148 Å². The summed E-state index contributed by atoms with van der Waals surface area (Å²) in [5.74, 6) is 0. The second-order valence-electron chi connectivity index (χ2n) is 5.41. The zero-order valence-corrected chi connectivity index (χ0v) is 15.5. The van der Waals surface area contributed by atoms with Gasteiger partial charge in [0, 0.05) is 8.90 Å². The molecule has 3 heteroatoms. The molecule has 0 amide bonds. The second kappa shape index (κ2) is 7.25. The molecule has 0 fully saturated rings. The Hall–Kier alpha value is -0.390. The minimum Gasteiger partial charge on any atom is -0.365 e. The van der Waals surface area contributed by atoms with Crippen molar-refractivity contribution in [1.82, 2.24) is 0 Å². The molecule has 0 saturated carbocycles. The van der Waals surface area contributed by atoms with E-state index in [-0.39, 0.29) is 12.2 Å². The van der Waals surface area contributed by atoms with E-state index in [4.69, 9.17) is 4.74 Å². The van der Waals surface area contributed by atoms with Crippen molar-refractivity contribution < 1.29 is 4.74 Å². The largest absolute Gasteiger partial charge is 0.365 e. The number of fused-ring (bicyclic) bond motifs is 1. The van der Waals surface area contributed by atoms with Crippen LogP contribution in [0.1, 0.15) is 41.7 Å². The maximum atomic E-state index is 6.48. The van der Waals surface area contributed by atoms with E-state index in [0.717, 1.165) is 15.3 Å². The van der Waals surface area contributed by atoms with Crippen LogP contribution in [0.25, 0.3) is 0 Å². The fourth-order valence-corrected chi connectivity index (χ4v) is 4.09. The molecule has 0 aromatic heterocycles. The molecule has 0 heterocycles. The molecule has 0 saturated heterocycles. The maximum Gasteiger partial charge on any atom is 0.0923 e. The van der Waals surface area contributed by atoms with Gasteiger partial charge >= 0.3 is 0 Å². The van der Waals surface area contributed by atoms with Gasteiger partial charge in [0.2, 0.25) is 0 Å². The van der Waals surface area contributed by atoms with E-state index in [1.807, 2.05) is 0 Å². The molecule has 2 unspecified atom stereocenters. The standard InChI is InChI=1S/C18H18BrIO/c19-15-8-3-7-14(11-15)18(12-20)21-17-10-4-6-13-5-1-2-9-16(13)17/h1-3,5,7-9,11,17-18H,4,6,10,12H2. The Bertz CT molecular complexity index is 614. The topological polar surface area (TPSA) is 9.23 Å². The number of rotatable bonds is 4. The van der Waals surface area contributed by atoms with Gasteiger partial charge in [0.15, 0.2) is 0 Å². The van der Waals surface area contributed by atoms with Crippen LogP contribution in [0.15, 0.2) is 53.0 Å². The van der Waals surface area contributed by atoms with Gasteiger partial charge in [-0.2, -0.15) is 0 Å². The van der Waals surface area contributed by atoms with Gasteiger partial charge in [-0.05, 0) is 48.1 Å². The lowest BCUT2D eigenvalue weighted by molar-refractivity contribution is -0.0101. The van der Waals surface area contributed by atoms with Crippen molar-refractivity contribution in [1.29, 1.82) is 0 Å². The van der Waals surface area contributed by atoms with Gasteiger partial charge in [-0.1, -0.05) is 74.9 Å². The van der Waals surface area contributed by atoms with E-state index in [1.54, 1.807) is 0 Å². The van der Waals surface area contributed by atoms with Crippen LogP contribution in [0.4, 0.5) is 0 Å². The molecule has 0 radical (unpaired) electrons. The van der Waals surface area contributed by atoms with Gasteiger partial charge in [-0.25, -0.2) is 0 Å². The van der Waals surface area contributed by atoms with E-state index in [1.165, 1.54) is 29.5 Å². The third-order valence-corrected chi connectivity index (χ3v) is 5.30. The van der Waals surface area contributed by atoms with E-state index in [2.05, 4.69) is 87.1 Å². The summed E-state index contributed by atoms with van der Waals surface area (Å²) < 4.78 is 8.56. The first-order valence-corrected chi connectivity index (χ1v) is 9.64. The summed E-state index contributed by atoms with van der Waals surface area (Å²) in [5, 5.41) is 0. The van der Waals surface area contributed by atoms with Crippen molar-refractivity contribution in [2.24, 2.45) is 0 Å². The van der Waals surface area contributed by atoms with Crippen LogP contribution < -0.4 is 0 Å². The highest BCUT2D eigenvalue weighted by atomic mass is 127. The zero-order valence-electron chi connectivity index (χ0n) is 11.8. The highest BCUT2D eigenvalue weighted by molar-refractivity contribution is 14.1. The van der Waals surface area contributed by atoms with Gasteiger partial charge in [-0.3, -0.25) is 0 Å². The maximum absolute atomic E-state index is 6.48. The number of ether oxygens (including phenoxy) is 1. The molecule has 0 aliphatic heterocycles. The molecule has 3 rings (SSSR count). The second-order valence-corrected chi connectivity index (χ2v) is 7.21.